The number of aliphatic carboxylic acids is 1. The predicted molar refractivity (Wildman–Crippen MR) is 52.7 cm³/mol. The van der Waals surface area contributed by atoms with Gasteiger partial charge in [-0.25, -0.2) is 4.79 Å². The van der Waals surface area contributed by atoms with Gasteiger partial charge in [-0.05, 0) is 23.8 Å². The van der Waals surface area contributed by atoms with E-state index in [4.69, 9.17) is 16.7 Å². The van der Waals surface area contributed by atoms with Gasteiger partial charge in [0, 0.05) is 11.1 Å². The van der Waals surface area contributed by atoms with Crippen LogP contribution >= 0.6 is 11.6 Å². The normalized spacial score (nSPS) is 21.5. The van der Waals surface area contributed by atoms with Crippen LogP contribution in [0.5, 0.6) is 0 Å². The lowest BCUT2D eigenvalue weighted by Crippen LogP contribution is -2.04. The van der Waals surface area contributed by atoms with Gasteiger partial charge in [-0.3, -0.25) is 0 Å². The molecule has 2 nitrogen and oxygen atoms in total. The number of carbonyl (C=O) groups is 1. The molecule has 0 spiro atoms. The molecule has 13 heavy (non-hydrogen) atoms. The van der Waals surface area contributed by atoms with E-state index in [2.05, 4.69) is 13.8 Å². The van der Waals surface area contributed by atoms with Crippen molar-refractivity contribution in [2.75, 3.05) is 0 Å². The van der Waals surface area contributed by atoms with Crippen molar-refractivity contribution in [2.45, 2.75) is 26.7 Å². The Kier molecular flexibility index (Phi) is 2.81. The summed E-state index contributed by atoms with van der Waals surface area (Å²) in [6.45, 7) is 4.24. The Balaban J connectivity index is 2.72. The number of allylic oxidation sites excluding steroid dienone is 3. The lowest BCUT2D eigenvalue weighted by Gasteiger charge is -2.15. The van der Waals surface area contributed by atoms with Crippen LogP contribution in [0.3, 0.4) is 0 Å². The van der Waals surface area contributed by atoms with Gasteiger partial charge >= 0.3 is 5.97 Å². The van der Waals surface area contributed by atoms with Crippen molar-refractivity contribution in [3.8, 4) is 0 Å². The molecule has 1 aliphatic carbocycles. The SMILES string of the molecule is CC1(C)CC(Cl)=C(C=CC(=O)O)C1. The van der Waals surface area contributed by atoms with Crippen LogP contribution in [0.1, 0.15) is 26.7 Å². The van der Waals surface area contributed by atoms with E-state index >= 15 is 0 Å². The summed E-state index contributed by atoms with van der Waals surface area (Å²) in [6.07, 6.45) is 4.43. The summed E-state index contributed by atoms with van der Waals surface area (Å²) in [5.74, 6) is -0.929. The van der Waals surface area contributed by atoms with E-state index in [0.29, 0.717) is 0 Å². The van der Waals surface area contributed by atoms with E-state index in [-0.39, 0.29) is 5.41 Å². The van der Waals surface area contributed by atoms with E-state index in [0.717, 1.165) is 29.5 Å². The monoisotopic (exact) mass is 200 g/mol. The van der Waals surface area contributed by atoms with Gasteiger partial charge in [0.25, 0.3) is 0 Å². The van der Waals surface area contributed by atoms with Gasteiger partial charge in [0.05, 0.1) is 0 Å². The van der Waals surface area contributed by atoms with Crippen LogP contribution in [0, 0.1) is 5.41 Å². The van der Waals surface area contributed by atoms with E-state index in [1.807, 2.05) is 0 Å². The zero-order valence-corrected chi connectivity index (χ0v) is 8.56. The second kappa shape index (κ2) is 3.54. The van der Waals surface area contributed by atoms with Gasteiger partial charge < -0.3 is 5.11 Å². The molecule has 1 rings (SSSR count). The van der Waals surface area contributed by atoms with E-state index in [9.17, 15) is 4.79 Å². The molecule has 0 unspecified atom stereocenters. The van der Waals surface area contributed by atoms with Crippen LogP contribution < -0.4 is 0 Å². The molecular weight excluding hydrogens is 188 g/mol. The zero-order valence-electron chi connectivity index (χ0n) is 7.80. The van der Waals surface area contributed by atoms with Crippen LogP contribution in [0.25, 0.3) is 0 Å². The molecule has 0 radical (unpaired) electrons. The molecule has 1 aliphatic rings. The van der Waals surface area contributed by atoms with Gasteiger partial charge in [-0.15, -0.1) is 0 Å². The van der Waals surface area contributed by atoms with Crippen molar-refractivity contribution in [3.05, 3.63) is 22.8 Å². The van der Waals surface area contributed by atoms with Crippen molar-refractivity contribution in [1.29, 1.82) is 0 Å². The van der Waals surface area contributed by atoms with E-state index in [1.165, 1.54) is 0 Å². The fourth-order valence-electron chi connectivity index (χ4n) is 1.53. The van der Waals surface area contributed by atoms with Crippen LogP contribution in [0.15, 0.2) is 22.8 Å². The Morgan fingerprint density at radius 2 is 2.15 bits per heavy atom. The van der Waals surface area contributed by atoms with Crippen LogP contribution in [-0.2, 0) is 4.79 Å². The van der Waals surface area contributed by atoms with Crippen molar-refractivity contribution in [2.24, 2.45) is 5.41 Å². The summed E-state index contributed by atoms with van der Waals surface area (Å²) in [6, 6.07) is 0. The van der Waals surface area contributed by atoms with Gasteiger partial charge in [0.1, 0.15) is 0 Å². The minimum Gasteiger partial charge on any atom is -0.478 e. The Morgan fingerprint density at radius 1 is 1.54 bits per heavy atom. The number of hydrogen-bond donors (Lipinski definition) is 1. The van der Waals surface area contributed by atoms with Gasteiger partial charge in [0.2, 0.25) is 0 Å². The molecular formula is C10H13ClO2. The van der Waals surface area contributed by atoms with Crippen molar-refractivity contribution in [3.63, 3.8) is 0 Å². The van der Waals surface area contributed by atoms with Crippen molar-refractivity contribution >= 4 is 17.6 Å². The van der Waals surface area contributed by atoms with Crippen LogP contribution in [0.2, 0.25) is 0 Å². The fourth-order valence-corrected chi connectivity index (χ4v) is 2.02. The average molecular weight is 201 g/mol. The number of rotatable bonds is 2. The molecule has 0 aromatic rings. The van der Waals surface area contributed by atoms with Gasteiger partial charge in [0.15, 0.2) is 0 Å². The molecule has 0 amide bonds. The van der Waals surface area contributed by atoms with Crippen molar-refractivity contribution < 1.29 is 9.90 Å². The van der Waals surface area contributed by atoms with Crippen molar-refractivity contribution in [1.82, 2.24) is 0 Å². The first-order valence-electron chi connectivity index (χ1n) is 4.19. The maximum Gasteiger partial charge on any atom is 0.328 e. The highest BCUT2D eigenvalue weighted by Crippen LogP contribution is 2.43. The molecule has 0 aliphatic heterocycles. The Hall–Kier alpha value is -0.760. The maximum atomic E-state index is 10.3. The molecule has 72 valence electrons. The van der Waals surface area contributed by atoms with Crippen LogP contribution in [-0.4, -0.2) is 11.1 Å². The lowest BCUT2D eigenvalue weighted by atomic mass is 9.89. The summed E-state index contributed by atoms with van der Waals surface area (Å²) in [5.41, 5.74) is 1.13. The first-order valence-corrected chi connectivity index (χ1v) is 4.57. The van der Waals surface area contributed by atoms with Gasteiger partial charge in [-0.2, -0.15) is 0 Å². The fraction of sp³-hybridized carbons (Fsp3) is 0.500. The molecule has 0 heterocycles. The molecule has 1 N–H and O–H groups in total. The van der Waals surface area contributed by atoms with E-state index in [1.54, 1.807) is 6.08 Å². The third-order valence-electron chi connectivity index (χ3n) is 2.08. The average Bonchev–Trinajstić information content (AvgIpc) is 2.20. The lowest BCUT2D eigenvalue weighted by molar-refractivity contribution is -0.131. The molecule has 0 fully saturated rings. The van der Waals surface area contributed by atoms with Gasteiger partial charge in [-0.1, -0.05) is 31.5 Å². The molecule has 0 aromatic heterocycles. The summed E-state index contributed by atoms with van der Waals surface area (Å²) < 4.78 is 0. The summed E-state index contributed by atoms with van der Waals surface area (Å²) in [4.78, 5) is 10.3. The third-order valence-corrected chi connectivity index (χ3v) is 2.45. The third kappa shape index (κ3) is 2.88. The zero-order chi connectivity index (χ0) is 10.1. The number of halogens is 1. The molecule has 0 saturated carbocycles. The quantitative estimate of drug-likeness (QED) is 0.696. The first kappa shape index (κ1) is 10.3. The number of carboxylic acids is 1. The standard InChI is InChI=1S/C10H13ClO2/c1-10(2)5-7(8(11)6-10)3-4-9(12)13/h3-4H,5-6H2,1-2H3,(H,12,13). The highest BCUT2D eigenvalue weighted by atomic mass is 35.5. The van der Waals surface area contributed by atoms with Crippen LogP contribution in [0.4, 0.5) is 0 Å². The molecule has 0 bridgehead atoms. The largest absolute Gasteiger partial charge is 0.478 e. The Bertz CT molecular complexity index is 287. The maximum absolute atomic E-state index is 10.3. The van der Waals surface area contributed by atoms with E-state index < -0.39 is 5.97 Å². The molecule has 0 saturated heterocycles. The predicted octanol–water partition coefficient (Wildman–Crippen LogP) is 2.94. The summed E-state index contributed by atoms with van der Waals surface area (Å²) in [5, 5.41) is 9.23. The number of hydrogen-bond acceptors (Lipinski definition) is 1. The summed E-state index contributed by atoms with van der Waals surface area (Å²) in [7, 11) is 0. The minimum absolute atomic E-state index is 0.176. The Labute approximate surface area is 82.9 Å². The molecule has 0 aromatic carbocycles. The second-order valence-electron chi connectivity index (χ2n) is 4.12. The number of carboxylic acid groups (broad SMARTS) is 1. The molecule has 0 atom stereocenters. The minimum atomic E-state index is -0.929. The molecule has 3 heteroatoms. The Morgan fingerprint density at radius 3 is 2.54 bits per heavy atom. The topological polar surface area (TPSA) is 37.3 Å². The smallest absolute Gasteiger partial charge is 0.328 e. The second-order valence-corrected chi connectivity index (χ2v) is 4.58. The highest BCUT2D eigenvalue weighted by molar-refractivity contribution is 6.30. The summed E-state index contributed by atoms with van der Waals surface area (Å²) >= 11 is 5.98. The highest BCUT2D eigenvalue weighted by Gasteiger charge is 2.28. The first-order chi connectivity index (χ1) is 5.91.